The van der Waals surface area contributed by atoms with E-state index in [0.717, 1.165) is 34.3 Å². The summed E-state index contributed by atoms with van der Waals surface area (Å²) in [7, 11) is 0. The summed E-state index contributed by atoms with van der Waals surface area (Å²) in [5.74, 6) is 0.877. The van der Waals surface area contributed by atoms with Crippen LogP contribution in [0.15, 0.2) is 34.9 Å². The van der Waals surface area contributed by atoms with E-state index in [9.17, 15) is 0 Å². The average Bonchev–Trinajstić information content (AvgIpc) is 2.95. The van der Waals surface area contributed by atoms with Gasteiger partial charge in [0.15, 0.2) is 0 Å². The van der Waals surface area contributed by atoms with Crippen LogP contribution in [0.4, 0.5) is 0 Å². The molecule has 0 fully saturated rings. The predicted octanol–water partition coefficient (Wildman–Crippen LogP) is 3.70. The van der Waals surface area contributed by atoms with Crippen molar-refractivity contribution in [1.82, 2.24) is 9.78 Å². The molecule has 2 rings (SSSR count). The van der Waals surface area contributed by atoms with Gasteiger partial charge in [0.25, 0.3) is 0 Å². The van der Waals surface area contributed by atoms with Gasteiger partial charge in [0.1, 0.15) is 12.4 Å². The van der Waals surface area contributed by atoms with E-state index in [1.807, 2.05) is 29.1 Å². The molecule has 1 aromatic carbocycles. The fourth-order valence-electron chi connectivity index (χ4n) is 2.08. The molecule has 0 spiro atoms. The third-order valence-electron chi connectivity index (χ3n) is 3.52. The molecular formula is C16H22BrN3O. The lowest BCUT2D eigenvalue weighted by Gasteiger charge is -2.11. The van der Waals surface area contributed by atoms with Crippen LogP contribution < -0.4 is 10.5 Å². The minimum Gasteiger partial charge on any atom is -0.487 e. The SMILES string of the molecule is CCC(C)n1ccc(COc2ccc(Br)cc2CCN)n1. The van der Waals surface area contributed by atoms with Crippen molar-refractivity contribution >= 4 is 15.9 Å². The van der Waals surface area contributed by atoms with E-state index in [-0.39, 0.29) is 0 Å². The fourth-order valence-corrected chi connectivity index (χ4v) is 2.49. The highest BCUT2D eigenvalue weighted by Gasteiger charge is 2.08. The van der Waals surface area contributed by atoms with Crippen molar-refractivity contribution < 1.29 is 4.74 Å². The van der Waals surface area contributed by atoms with Gasteiger partial charge >= 0.3 is 0 Å². The minimum atomic E-state index is 0.416. The van der Waals surface area contributed by atoms with Gasteiger partial charge in [-0.2, -0.15) is 5.10 Å². The van der Waals surface area contributed by atoms with E-state index in [1.165, 1.54) is 0 Å². The Hall–Kier alpha value is -1.33. The highest BCUT2D eigenvalue weighted by atomic mass is 79.9. The van der Waals surface area contributed by atoms with Gasteiger partial charge in [0.2, 0.25) is 0 Å². The molecular weight excluding hydrogens is 330 g/mol. The van der Waals surface area contributed by atoms with Gasteiger partial charge in [-0.3, -0.25) is 4.68 Å². The Morgan fingerprint density at radius 2 is 2.19 bits per heavy atom. The van der Waals surface area contributed by atoms with Gasteiger partial charge in [-0.05, 0) is 56.1 Å². The Labute approximate surface area is 134 Å². The molecule has 0 saturated carbocycles. The van der Waals surface area contributed by atoms with E-state index < -0.39 is 0 Å². The van der Waals surface area contributed by atoms with Crippen LogP contribution in [0.3, 0.4) is 0 Å². The molecule has 0 aliphatic carbocycles. The van der Waals surface area contributed by atoms with Gasteiger partial charge in [-0.25, -0.2) is 0 Å². The average molecular weight is 352 g/mol. The first kappa shape index (κ1) is 16.0. The second kappa shape index (κ2) is 7.61. The number of nitrogens with two attached hydrogens (primary N) is 1. The molecule has 2 N–H and O–H groups in total. The van der Waals surface area contributed by atoms with Crippen molar-refractivity contribution in [3.05, 3.63) is 46.2 Å². The lowest BCUT2D eigenvalue weighted by atomic mass is 10.1. The summed E-state index contributed by atoms with van der Waals surface area (Å²) < 4.78 is 8.93. The van der Waals surface area contributed by atoms with Crippen molar-refractivity contribution in [3.63, 3.8) is 0 Å². The summed E-state index contributed by atoms with van der Waals surface area (Å²) in [5.41, 5.74) is 7.71. The molecule has 4 nitrogen and oxygen atoms in total. The van der Waals surface area contributed by atoms with E-state index in [2.05, 4.69) is 40.9 Å². The molecule has 21 heavy (non-hydrogen) atoms. The molecule has 0 radical (unpaired) electrons. The summed E-state index contributed by atoms with van der Waals surface area (Å²) >= 11 is 3.48. The maximum atomic E-state index is 5.91. The number of hydrogen-bond donors (Lipinski definition) is 1. The Morgan fingerprint density at radius 3 is 2.90 bits per heavy atom. The number of ether oxygens (including phenoxy) is 1. The van der Waals surface area contributed by atoms with E-state index in [4.69, 9.17) is 10.5 Å². The third-order valence-corrected chi connectivity index (χ3v) is 4.01. The van der Waals surface area contributed by atoms with Gasteiger partial charge in [-0.1, -0.05) is 22.9 Å². The Balaban J connectivity index is 2.04. The molecule has 2 aromatic rings. The summed E-state index contributed by atoms with van der Waals surface area (Å²) in [6, 6.07) is 8.43. The summed E-state index contributed by atoms with van der Waals surface area (Å²) in [6.45, 7) is 5.40. The maximum Gasteiger partial charge on any atom is 0.132 e. The summed E-state index contributed by atoms with van der Waals surface area (Å²) in [6.07, 6.45) is 3.88. The zero-order valence-electron chi connectivity index (χ0n) is 12.6. The predicted molar refractivity (Wildman–Crippen MR) is 88.5 cm³/mol. The smallest absolute Gasteiger partial charge is 0.132 e. The Morgan fingerprint density at radius 1 is 1.38 bits per heavy atom. The van der Waals surface area contributed by atoms with Crippen molar-refractivity contribution in [2.75, 3.05) is 6.54 Å². The number of aromatic nitrogens is 2. The normalized spacial score (nSPS) is 12.4. The topological polar surface area (TPSA) is 53.1 Å². The highest BCUT2D eigenvalue weighted by molar-refractivity contribution is 9.10. The van der Waals surface area contributed by atoms with Crippen LogP contribution in [-0.4, -0.2) is 16.3 Å². The van der Waals surface area contributed by atoms with Crippen LogP contribution in [0.2, 0.25) is 0 Å². The molecule has 1 atom stereocenters. The van der Waals surface area contributed by atoms with Gasteiger partial charge < -0.3 is 10.5 Å². The molecule has 1 heterocycles. The first-order chi connectivity index (χ1) is 10.1. The highest BCUT2D eigenvalue weighted by Crippen LogP contribution is 2.24. The molecule has 1 unspecified atom stereocenters. The minimum absolute atomic E-state index is 0.416. The van der Waals surface area contributed by atoms with Crippen molar-refractivity contribution in [1.29, 1.82) is 0 Å². The second-order valence-corrected chi connectivity index (χ2v) is 6.04. The quantitative estimate of drug-likeness (QED) is 0.827. The second-order valence-electron chi connectivity index (χ2n) is 5.12. The summed E-state index contributed by atoms with van der Waals surface area (Å²) in [4.78, 5) is 0. The van der Waals surface area contributed by atoms with Crippen LogP contribution in [0.5, 0.6) is 5.75 Å². The lowest BCUT2D eigenvalue weighted by Crippen LogP contribution is -2.07. The van der Waals surface area contributed by atoms with Crippen molar-refractivity contribution in [2.24, 2.45) is 5.73 Å². The molecule has 1 aromatic heterocycles. The Bertz CT molecular complexity index is 583. The number of rotatable bonds is 7. The van der Waals surface area contributed by atoms with Crippen LogP contribution in [0, 0.1) is 0 Å². The largest absolute Gasteiger partial charge is 0.487 e. The third kappa shape index (κ3) is 4.32. The number of hydrogen-bond acceptors (Lipinski definition) is 3. The Kier molecular flexibility index (Phi) is 5.82. The van der Waals surface area contributed by atoms with Gasteiger partial charge in [0.05, 0.1) is 5.69 Å². The van der Waals surface area contributed by atoms with Crippen LogP contribution in [0.1, 0.15) is 37.6 Å². The number of benzene rings is 1. The lowest BCUT2D eigenvalue weighted by molar-refractivity contribution is 0.295. The van der Waals surface area contributed by atoms with Gasteiger partial charge in [0, 0.05) is 16.7 Å². The van der Waals surface area contributed by atoms with Gasteiger partial charge in [-0.15, -0.1) is 0 Å². The zero-order valence-corrected chi connectivity index (χ0v) is 14.1. The zero-order chi connectivity index (χ0) is 15.2. The molecule has 5 heteroatoms. The monoisotopic (exact) mass is 351 g/mol. The first-order valence-corrected chi connectivity index (χ1v) is 8.08. The molecule has 0 bridgehead atoms. The van der Waals surface area contributed by atoms with Crippen LogP contribution >= 0.6 is 15.9 Å². The molecule has 0 amide bonds. The first-order valence-electron chi connectivity index (χ1n) is 7.29. The van der Waals surface area contributed by atoms with Crippen LogP contribution in [0.25, 0.3) is 0 Å². The molecule has 0 saturated heterocycles. The van der Waals surface area contributed by atoms with Crippen LogP contribution in [-0.2, 0) is 13.0 Å². The van der Waals surface area contributed by atoms with E-state index >= 15 is 0 Å². The standard InChI is InChI=1S/C16H22BrN3O/c1-3-12(2)20-9-7-15(19-20)11-21-16-5-4-14(17)10-13(16)6-8-18/h4-5,7,9-10,12H,3,6,8,11,18H2,1-2H3. The number of nitrogens with zero attached hydrogens (tertiary/aromatic N) is 2. The van der Waals surface area contributed by atoms with E-state index in [0.29, 0.717) is 19.2 Å². The van der Waals surface area contributed by atoms with Crippen molar-refractivity contribution in [3.8, 4) is 5.75 Å². The van der Waals surface area contributed by atoms with E-state index in [1.54, 1.807) is 0 Å². The summed E-state index contributed by atoms with van der Waals surface area (Å²) in [5, 5.41) is 4.55. The fraction of sp³-hybridized carbons (Fsp3) is 0.438. The maximum absolute atomic E-state index is 5.91. The number of halogens is 1. The molecule has 0 aliphatic heterocycles. The van der Waals surface area contributed by atoms with Crippen molar-refractivity contribution in [2.45, 2.75) is 39.3 Å². The molecule has 114 valence electrons. The molecule has 0 aliphatic rings.